The van der Waals surface area contributed by atoms with Crippen molar-refractivity contribution in [1.29, 1.82) is 5.41 Å². The minimum Gasteiger partial charge on any atom is -0.505 e. The van der Waals surface area contributed by atoms with Crippen LogP contribution in [0.4, 0.5) is 5.13 Å². The number of Topliss-reactive ketones (excluding diaryl/α,β-unsaturated/α-hetero) is 1. The minimum absolute atomic E-state index is 0. The van der Waals surface area contributed by atoms with Crippen LogP contribution in [-0.2, 0) is 29.1 Å². The molecule has 2 aromatic heterocycles. The molecule has 16 nitrogen and oxygen atoms in total. The number of carbonyl (C=O) groups is 2. The number of amidine groups is 1. The number of hydrogen-bond acceptors (Lipinski definition) is 14. The van der Waals surface area contributed by atoms with Crippen LogP contribution in [0.1, 0.15) is 39.1 Å². The second-order valence-corrected chi connectivity index (χ2v) is 10.0. The van der Waals surface area contributed by atoms with Crippen molar-refractivity contribution in [1.82, 2.24) is 15.0 Å². The van der Waals surface area contributed by atoms with Gasteiger partial charge in [-0.15, -0.1) is 15.6 Å². The summed E-state index contributed by atoms with van der Waals surface area (Å²) in [7, 11) is -4.93. The highest BCUT2D eigenvalue weighted by atomic mass is 32.3. The lowest BCUT2D eigenvalue weighted by Crippen LogP contribution is -2.68. The second kappa shape index (κ2) is 13.0. The van der Waals surface area contributed by atoms with E-state index in [1.807, 2.05) is 0 Å². The van der Waals surface area contributed by atoms with Crippen LogP contribution >= 0.6 is 24.8 Å². The van der Waals surface area contributed by atoms with Crippen LogP contribution in [0.15, 0.2) is 22.8 Å². The fraction of sp³-hybridized carbons (Fsp3) is 0.400. The Morgan fingerprint density at radius 3 is 2.54 bits per heavy atom. The van der Waals surface area contributed by atoms with Crippen molar-refractivity contribution < 1.29 is 41.5 Å². The predicted octanol–water partition coefficient (Wildman–Crippen LogP) is 0.589. The van der Waals surface area contributed by atoms with Gasteiger partial charge in [0.2, 0.25) is 0 Å². The van der Waals surface area contributed by atoms with Crippen molar-refractivity contribution in [2.24, 2.45) is 16.8 Å². The fourth-order valence-electron chi connectivity index (χ4n) is 3.31. The van der Waals surface area contributed by atoms with Crippen molar-refractivity contribution in [2.75, 3.05) is 18.9 Å². The maximum absolute atomic E-state index is 13.0. The first-order valence-corrected chi connectivity index (χ1v) is 12.6. The number of ether oxygens (including phenoxy) is 1. The Balaban J connectivity index is 0.00000380. The smallest absolute Gasteiger partial charge is 0.418 e. The van der Waals surface area contributed by atoms with E-state index in [0.29, 0.717) is 5.06 Å². The third kappa shape index (κ3) is 7.99. The third-order valence-corrected chi connectivity index (χ3v) is 6.17. The van der Waals surface area contributed by atoms with Crippen molar-refractivity contribution in [3.05, 3.63) is 29.0 Å². The second-order valence-electron chi connectivity index (χ2n) is 8.11. The molecule has 1 unspecified atom stereocenters. The van der Waals surface area contributed by atoms with Crippen LogP contribution in [0.25, 0.3) is 0 Å². The molecule has 1 amide bonds. The summed E-state index contributed by atoms with van der Waals surface area (Å²) in [4.78, 5) is 38.4. The summed E-state index contributed by atoms with van der Waals surface area (Å²) in [5, 5.41) is 23.0. The molecule has 19 heteroatoms. The topological polar surface area (TPSA) is 254 Å². The number of hydroxylamine groups is 2. The van der Waals surface area contributed by atoms with Gasteiger partial charge in [-0.2, -0.15) is 27.0 Å². The van der Waals surface area contributed by atoms with Gasteiger partial charge in [0.05, 0.1) is 17.7 Å². The number of anilines is 1. The number of nitrogens with zero attached hydrogens (tertiary/aromatic N) is 4. The summed E-state index contributed by atoms with van der Waals surface area (Å²) in [6.07, 6.45) is 0.861. The van der Waals surface area contributed by atoms with Crippen molar-refractivity contribution >= 4 is 63.6 Å². The normalized spacial score (nSPS) is 16.4. The van der Waals surface area contributed by atoms with Gasteiger partial charge in [0.25, 0.3) is 5.91 Å². The lowest BCUT2D eigenvalue weighted by molar-refractivity contribution is -0.228. The highest BCUT2D eigenvalue weighted by Gasteiger charge is 2.57. The van der Waals surface area contributed by atoms with E-state index >= 15 is 0 Å². The first-order valence-electron chi connectivity index (χ1n) is 10.3. The molecule has 0 radical (unpaired) electrons. The molecule has 0 bridgehead atoms. The van der Waals surface area contributed by atoms with Crippen LogP contribution in [0, 0.1) is 11.3 Å². The van der Waals surface area contributed by atoms with Gasteiger partial charge in [-0.25, -0.2) is 9.97 Å². The number of amides is 1. The SMILES string of the molecule is C.CC1(C)C(CC(=O)/C(=N\OCCOc2cnc(C(=N)N)c(O)c2)c2csc(N)n2)C(=O)N1OS(=O)(=O)O.S. The zero-order chi connectivity index (χ0) is 27.5. The van der Waals surface area contributed by atoms with Gasteiger partial charge >= 0.3 is 10.4 Å². The van der Waals surface area contributed by atoms with Crippen LogP contribution < -0.4 is 16.2 Å². The Morgan fingerprint density at radius 1 is 1.36 bits per heavy atom. The van der Waals surface area contributed by atoms with E-state index in [0.717, 1.165) is 11.3 Å². The van der Waals surface area contributed by atoms with E-state index in [1.165, 1.54) is 31.5 Å². The van der Waals surface area contributed by atoms with E-state index < -0.39 is 39.4 Å². The standard InChI is InChI=1S/C19H23N7O9S2.CH4.H2S/c1-19(2)10(17(29)26(19)35-37(30,31)32)6-13(28)14(11-8-36-18(22)24-11)25-34-4-3-33-9-5-12(27)15(16(20)21)23-7-9;;/h5,7-8,10,27H,3-4,6H2,1-2H3,(H3,20,21)(H2,22,24)(H,30,31,32);1H4;1H2/b25-14-;;. The molecule has 3 rings (SSSR count). The zero-order valence-corrected chi connectivity index (χ0v) is 22.6. The quantitative estimate of drug-likeness (QED) is 0.0553. The fourth-order valence-corrected chi connectivity index (χ4v) is 4.32. The third-order valence-electron chi connectivity index (χ3n) is 5.16. The summed E-state index contributed by atoms with van der Waals surface area (Å²) in [5.41, 5.74) is 9.49. The average molecular weight is 608 g/mol. The summed E-state index contributed by atoms with van der Waals surface area (Å²) in [5.74, 6) is -3.03. The van der Waals surface area contributed by atoms with Gasteiger partial charge in [0.15, 0.2) is 23.2 Å². The molecule has 1 fully saturated rings. The molecule has 1 atom stereocenters. The Morgan fingerprint density at radius 2 is 2.03 bits per heavy atom. The van der Waals surface area contributed by atoms with E-state index in [4.69, 9.17) is 31.0 Å². The Hall–Kier alpha value is -3.52. The number of β-lactam (4-membered cyclic amide) rings is 1. The van der Waals surface area contributed by atoms with Crippen LogP contribution in [0.2, 0.25) is 0 Å². The number of hydrogen-bond donors (Lipinski definition) is 5. The predicted molar refractivity (Wildman–Crippen MR) is 145 cm³/mol. The largest absolute Gasteiger partial charge is 0.505 e. The van der Waals surface area contributed by atoms with Crippen molar-refractivity contribution in [2.45, 2.75) is 33.2 Å². The van der Waals surface area contributed by atoms with Gasteiger partial charge in [0.1, 0.15) is 35.3 Å². The first kappa shape index (κ1) is 33.5. The Bertz CT molecular complexity index is 1360. The van der Waals surface area contributed by atoms with E-state index in [-0.39, 0.29) is 74.3 Å². The van der Waals surface area contributed by atoms with Gasteiger partial charge in [-0.05, 0) is 13.8 Å². The molecule has 39 heavy (non-hydrogen) atoms. The van der Waals surface area contributed by atoms with E-state index in [2.05, 4.69) is 19.4 Å². The number of thiazole rings is 1. The Kier molecular flexibility index (Phi) is 11.2. The number of nitrogens with one attached hydrogen (secondary N) is 1. The van der Waals surface area contributed by atoms with Gasteiger partial charge in [0, 0.05) is 17.9 Å². The van der Waals surface area contributed by atoms with Gasteiger partial charge in [-0.3, -0.25) is 19.6 Å². The Labute approximate surface area is 234 Å². The lowest BCUT2D eigenvalue weighted by Gasteiger charge is -2.50. The lowest BCUT2D eigenvalue weighted by atomic mass is 9.74. The average Bonchev–Trinajstić information content (AvgIpc) is 3.22. The summed E-state index contributed by atoms with van der Waals surface area (Å²) < 4.78 is 40.5. The number of ketones is 1. The minimum atomic E-state index is -4.93. The molecular weight excluding hydrogens is 578 g/mol. The molecule has 216 valence electrons. The summed E-state index contributed by atoms with van der Waals surface area (Å²) in [6.45, 7) is 2.70. The number of oxime groups is 1. The molecule has 0 aromatic carbocycles. The van der Waals surface area contributed by atoms with Crippen LogP contribution in [0.5, 0.6) is 11.5 Å². The van der Waals surface area contributed by atoms with Crippen molar-refractivity contribution in [3.63, 3.8) is 0 Å². The molecular formula is C20H29N7O9S3. The molecule has 2 aromatic rings. The van der Waals surface area contributed by atoms with E-state index in [1.54, 1.807) is 0 Å². The number of nitrogen functional groups attached to an aromatic ring is 2. The zero-order valence-electron chi connectivity index (χ0n) is 19.9. The number of pyridine rings is 1. The molecule has 1 aliphatic heterocycles. The number of nitrogens with two attached hydrogens (primary N) is 2. The van der Waals surface area contributed by atoms with Crippen molar-refractivity contribution in [3.8, 4) is 11.5 Å². The molecule has 0 saturated carbocycles. The summed E-state index contributed by atoms with van der Waals surface area (Å²) >= 11 is 1.05. The number of aromatic hydroxyl groups is 1. The molecule has 3 heterocycles. The number of carbonyl (C=O) groups excluding carboxylic acids is 2. The first-order chi connectivity index (χ1) is 17.2. The monoisotopic (exact) mass is 607 g/mol. The molecule has 1 aliphatic rings. The molecule has 0 aliphatic carbocycles. The number of aromatic nitrogens is 2. The molecule has 1 saturated heterocycles. The highest BCUT2D eigenvalue weighted by molar-refractivity contribution is 7.80. The van der Waals surface area contributed by atoms with Gasteiger partial charge in [-0.1, -0.05) is 12.6 Å². The van der Waals surface area contributed by atoms with Crippen LogP contribution in [-0.4, -0.2) is 75.1 Å². The summed E-state index contributed by atoms with van der Waals surface area (Å²) in [6, 6.07) is 1.21. The number of rotatable bonds is 12. The maximum atomic E-state index is 13.0. The molecule has 7 N–H and O–H groups in total. The highest BCUT2D eigenvalue weighted by Crippen LogP contribution is 2.40. The maximum Gasteiger partial charge on any atom is 0.418 e. The molecule has 0 spiro atoms. The van der Waals surface area contributed by atoms with Crippen LogP contribution in [0.3, 0.4) is 0 Å². The van der Waals surface area contributed by atoms with Gasteiger partial charge < -0.3 is 26.1 Å². The van der Waals surface area contributed by atoms with E-state index in [9.17, 15) is 23.1 Å².